The van der Waals surface area contributed by atoms with Gasteiger partial charge in [-0.05, 0) is 23.3 Å². The molecule has 5 heteroatoms. The number of benzene rings is 2. The lowest BCUT2D eigenvalue weighted by molar-refractivity contribution is 1.05. The molecule has 4 aromatic rings. The maximum Gasteiger partial charge on any atom is 0.227 e. The summed E-state index contributed by atoms with van der Waals surface area (Å²) >= 11 is 0. The zero-order chi connectivity index (χ0) is 17.6. The molecular weight excluding hydrogens is 322 g/mol. The maximum atomic E-state index is 4.66. The van der Waals surface area contributed by atoms with E-state index in [1.54, 1.807) is 6.20 Å². The first-order valence-electron chi connectivity index (χ1n) is 8.57. The van der Waals surface area contributed by atoms with Crippen LogP contribution < -0.4 is 10.6 Å². The van der Waals surface area contributed by atoms with Gasteiger partial charge in [0.15, 0.2) is 5.65 Å². The molecule has 0 radical (unpaired) electrons. The molecule has 0 fully saturated rings. The average molecular weight is 341 g/mol. The number of hydrogen-bond donors (Lipinski definition) is 2. The third kappa shape index (κ3) is 3.78. The van der Waals surface area contributed by atoms with Crippen LogP contribution in [-0.4, -0.2) is 15.0 Å². The van der Waals surface area contributed by atoms with Gasteiger partial charge in [-0.15, -0.1) is 0 Å². The molecule has 0 aliphatic rings. The first kappa shape index (κ1) is 16.0. The van der Waals surface area contributed by atoms with Crippen molar-refractivity contribution in [2.45, 2.75) is 13.1 Å². The van der Waals surface area contributed by atoms with E-state index >= 15 is 0 Å². The molecule has 2 N–H and O–H groups in total. The van der Waals surface area contributed by atoms with Crippen LogP contribution in [0.4, 0.5) is 11.8 Å². The Morgan fingerprint density at radius 1 is 0.654 bits per heavy atom. The van der Waals surface area contributed by atoms with E-state index in [2.05, 4.69) is 49.9 Å². The fourth-order valence-electron chi connectivity index (χ4n) is 2.73. The predicted molar refractivity (Wildman–Crippen MR) is 105 cm³/mol. The highest BCUT2D eigenvalue weighted by atomic mass is 15.2. The number of pyridine rings is 1. The van der Waals surface area contributed by atoms with Crippen molar-refractivity contribution in [2.24, 2.45) is 0 Å². The summed E-state index contributed by atoms with van der Waals surface area (Å²) in [4.78, 5) is 13.6. The largest absolute Gasteiger partial charge is 0.365 e. The van der Waals surface area contributed by atoms with Gasteiger partial charge in [0.25, 0.3) is 0 Å². The third-order valence-corrected chi connectivity index (χ3v) is 4.07. The van der Waals surface area contributed by atoms with Crippen molar-refractivity contribution in [3.8, 4) is 0 Å². The number of hydrogen-bond acceptors (Lipinski definition) is 5. The van der Waals surface area contributed by atoms with Gasteiger partial charge in [-0.3, -0.25) is 0 Å². The van der Waals surface area contributed by atoms with E-state index in [4.69, 9.17) is 0 Å². The van der Waals surface area contributed by atoms with Crippen molar-refractivity contribution in [1.29, 1.82) is 0 Å². The number of nitrogens with one attached hydrogen (secondary N) is 2. The summed E-state index contributed by atoms with van der Waals surface area (Å²) in [6.07, 6.45) is 1.75. The minimum atomic E-state index is 0.565. The van der Waals surface area contributed by atoms with Crippen LogP contribution in [0.1, 0.15) is 11.1 Å². The van der Waals surface area contributed by atoms with Crippen LogP contribution in [0, 0.1) is 0 Å². The van der Waals surface area contributed by atoms with Gasteiger partial charge in [-0.1, -0.05) is 60.7 Å². The van der Waals surface area contributed by atoms with Crippen LogP contribution in [0.5, 0.6) is 0 Å². The first-order chi connectivity index (χ1) is 12.9. The number of rotatable bonds is 6. The van der Waals surface area contributed by atoms with Crippen molar-refractivity contribution in [3.63, 3.8) is 0 Å². The summed E-state index contributed by atoms with van der Waals surface area (Å²) in [5.74, 6) is 1.35. The molecule has 128 valence electrons. The Kier molecular flexibility index (Phi) is 4.69. The SMILES string of the molecule is c1ccc(CNc2nc(NCc3ccccc3)c3cccnc3n2)cc1. The van der Waals surface area contributed by atoms with Crippen molar-refractivity contribution in [3.05, 3.63) is 90.1 Å². The summed E-state index contributed by atoms with van der Waals surface area (Å²) < 4.78 is 0. The van der Waals surface area contributed by atoms with Gasteiger partial charge >= 0.3 is 0 Å². The highest BCUT2D eigenvalue weighted by molar-refractivity contribution is 5.87. The van der Waals surface area contributed by atoms with E-state index in [-0.39, 0.29) is 0 Å². The molecule has 4 rings (SSSR count). The molecule has 0 atom stereocenters. The van der Waals surface area contributed by atoms with Crippen LogP contribution in [-0.2, 0) is 13.1 Å². The van der Waals surface area contributed by atoms with Gasteiger partial charge in [0.1, 0.15) is 5.82 Å². The van der Waals surface area contributed by atoms with Crippen molar-refractivity contribution in [1.82, 2.24) is 15.0 Å². The lowest BCUT2D eigenvalue weighted by atomic mass is 10.2. The summed E-state index contributed by atoms with van der Waals surface area (Å²) in [5, 5.41) is 7.61. The van der Waals surface area contributed by atoms with Gasteiger partial charge in [-0.2, -0.15) is 9.97 Å². The Hall–Kier alpha value is -3.47. The molecule has 0 unspecified atom stereocenters. The molecule has 0 spiro atoms. The van der Waals surface area contributed by atoms with Gasteiger partial charge in [-0.25, -0.2) is 4.98 Å². The fourth-order valence-corrected chi connectivity index (χ4v) is 2.73. The molecule has 2 heterocycles. The Balaban J connectivity index is 1.58. The zero-order valence-electron chi connectivity index (χ0n) is 14.3. The Morgan fingerprint density at radius 2 is 1.31 bits per heavy atom. The van der Waals surface area contributed by atoms with E-state index in [9.17, 15) is 0 Å². The van der Waals surface area contributed by atoms with Crippen LogP contribution in [0.2, 0.25) is 0 Å². The lowest BCUT2D eigenvalue weighted by Gasteiger charge is -2.11. The Labute approximate surface area is 152 Å². The summed E-state index contributed by atoms with van der Waals surface area (Å²) in [7, 11) is 0. The average Bonchev–Trinajstić information content (AvgIpc) is 2.72. The van der Waals surface area contributed by atoms with Crippen molar-refractivity contribution in [2.75, 3.05) is 10.6 Å². The summed E-state index contributed by atoms with van der Waals surface area (Å²) in [6.45, 7) is 1.36. The van der Waals surface area contributed by atoms with Crippen molar-refractivity contribution < 1.29 is 0 Å². The molecule has 0 bridgehead atoms. The molecule has 0 aliphatic heterocycles. The molecule has 2 aromatic carbocycles. The predicted octanol–water partition coefficient (Wildman–Crippen LogP) is 4.25. The van der Waals surface area contributed by atoms with Gasteiger partial charge in [0, 0.05) is 19.3 Å². The van der Waals surface area contributed by atoms with Gasteiger partial charge in [0.05, 0.1) is 5.39 Å². The number of nitrogens with zero attached hydrogens (tertiary/aromatic N) is 3. The minimum absolute atomic E-state index is 0.565. The normalized spacial score (nSPS) is 10.6. The van der Waals surface area contributed by atoms with Crippen LogP contribution in [0.25, 0.3) is 11.0 Å². The van der Waals surface area contributed by atoms with Crippen LogP contribution in [0.3, 0.4) is 0 Å². The second kappa shape index (κ2) is 7.61. The molecule has 5 nitrogen and oxygen atoms in total. The molecule has 2 aromatic heterocycles. The maximum absolute atomic E-state index is 4.66. The van der Waals surface area contributed by atoms with Crippen LogP contribution in [0.15, 0.2) is 79.0 Å². The second-order valence-corrected chi connectivity index (χ2v) is 5.95. The summed E-state index contributed by atoms with van der Waals surface area (Å²) in [5.41, 5.74) is 3.05. The third-order valence-electron chi connectivity index (χ3n) is 4.07. The number of anilines is 2. The molecule has 0 amide bonds. The zero-order valence-corrected chi connectivity index (χ0v) is 14.3. The van der Waals surface area contributed by atoms with Gasteiger partial charge < -0.3 is 10.6 Å². The minimum Gasteiger partial charge on any atom is -0.365 e. The monoisotopic (exact) mass is 341 g/mol. The van der Waals surface area contributed by atoms with Crippen LogP contribution >= 0.6 is 0 Å². The summed E-state index contributed by atoms with van der Waals surface area (Å²) in [6, 6.07) is 24.3. The molecule has 0 saturated carbocycles. The lowest BCUT2D eigenvalue weighted by Crippen LogP contribution is -2.08. The Bertz CT molecular complexity index is 987. The number of fused-ring (bicyclic) bond motifs is 1. The van der Waals surface area contributed by atoms with E-state index in [0.717, 1.165) is 11.2 Å². The quantitative estimate of drug-likeness (QED) is 0.549. The van der Waals surface area contributed by atoms with E-state index in [1.165, 1.54) is 11.1 Å². The molecule has 0 saturated heterocycles. The standard InChI is InChI=1S/C21H19N5/c1-3-8-16(9-4-1)14-23-20-18-12-7-13-22-19(18)25-21(26-20)24-15-17-10-5-2-6-11-17/h1-13H,14-15H2,(H2,22,23,24,25,26). The smallest absolute Gasteiger partial charge is 0.227 e. The highest BCUT2D eigenvalue weighted by Crippen LogP contribution is 2.21. The van der Waals surface area contributed by atoms with E-state index < -0.39 is 0 Å². The van der Waals surface area contributed by atoms with Crippen molar-refractivity contribution >= 4 is 22.8 Å². The van der Waals surface area contributed by atoms with Gasteiger partial charge in [0.2, 0.25) is 5.95 Å². The second-order valence-electron chi connectivity index (χ2n) is 5.95. The number of aromatic nitrogens is 3. The topological polar surface area (TPSA) is 62.7 Å². The first-order valence-corrected chi connectivity index (χ1v) is 8.57. The van der Waals surface area contributed by atoms with E-state index in [0.29, 0.717) is 24.7 Å². The molecular formula is C21H19N5. The highest BCUT2D eigenvalue weighted by Gasteiger charge is 2.08. The van der Waals surface area contributed by atoms with E-state index in [1.807, 2.05) is 48.5 Å². The molecule has 26 heavy (non-hydrogen) atoms. The fraction of sp³-hybridized carbons (Fsp3) is 0.0952. The molecule has 0 aliphatic carbocycles. The Morgan fingerprint density at radius 3 is 2.00 bits per heavy atom.